The molecule has 0 aromatic heterocycles. The van der Waals surface area contributed by atoms with Crippen molar-refractivity contribution >= 4 is 11.8 Å². The number of methoxy groups -OCH3 is 1. The van der Waals surface area contributed by atoms with E-state index in [2.05, 4.69) is 0 Å². The Morgan fingerprint density at radius 2 is 1.69 bits per heavy atom. The Bertz CT molecular complexity index is 466. The van der Waals surface area contributed by atoms with Gasteiger partial charge in [-0.05, 0) is 36.4 Å². The molecule has 0 aliphatic carbocycles. The van der Waals surface area contributed by atoms with E-state index in [9.17, 15) is 5.11 Å². The van der Waals surface area contributed by atoms with Crippen LogP contribution in [0.4, 0.5) is 0 Å². The fourth-order valence-corrected chi connectivity index (χ4v) is 2.27. The molecule has 2 nitrogen and oxygen atoms in total. The molecule has 0 fully saturated rings. The van der Waals surface area contributed by atoms with Gasteiger partial charge in [0, 0.05) is 4.90 Å². The van der Waals surface area contributed by atoms with Crippen LogP contribution in [0.25, 0.3) is 0 Å². The van der Waals surface area contributed by atoms with E-state index >= 15 is 0 Å². The van der Waals surface area contributed by atoms with Gasteiger partial charge in [-0.15, -0.1) is 0 Å². The number of para-hydroxylation sites is 1. The zero-order valence-electron chi connectivity index (χ0n) is 8.88. The third-order valence-corrected chi connectivity index (χ3v) is 3.20. The maximum Gasteiger partial charge on any atom is 0.132 e. The van der Waals surface area contributed by atoms with Crippen LogP contribution in [-0.4, -0.2) is 12.2 Å². The lowest BCUT2D eigenvalue weighted by Crippen LogP contribution is -1.84. The molecule has 0 atom stereocenters. The van der Waals surface area contributed by atoms with Gasteiger partial charge in [-0.25, -0.2) is 0 Å². The first-order chi connectivity index (χ1) is 7.79. The predicted molar refractivity (Wildman–Crippen MR) is 65.2 cm³/mol. The zero-order chi connectivity index (χ0) is 11.4. The van der Waals surface area contributed by atoms with Crippen molar-refractivity contribution in [3.63, 3.8) is 0 Å². The van der Waals surface area contributed by atoms with Crippen LogP contribution >= 0.6 is 11.8 Å². The second-order valence-electron chi connectivity index (χ2n) is 3.25. The van der Waals surface area contributed by atoms with Crippen molar-refractivity contribution in [1.29, 1.82) is 0 Å². The molecule has 0 aliphatic heterocycles. The Labute approximate surface area is 98.9 Å². The maximum absolute atomic E-state index is 9.19. The molecule has 1 N–H and O–H groups in total. The summed E-state index contributed by atoms with van der Waals surface area (Å²) >= 11 is 1.61. The van der Waals surface area contributed by atoms with Crippen molar-refractivity contribution in [2.45, 2.75) is 9.79 Å². The van der Waals surface area contributed by atoms with Crippen molar-refractivity contribution < 1.29 is 9.84 Å². The SMILES string of the molecule is COc1ccccc1Sc1ccc(O)cc1. The van der Waals surface area contributed by atoms with Crippen LogP contribution in [0.15, 0.2) is 58.3 Å². The highest BCUT2D eigenvalue weighted by Gasteiger charge is 2.03. The van der Waals surface area contributed by atoms with Gasteiger partial charge in [0.2, 0.25) is 0 Å². The molecule has 0 saturated carbocycles. The second-order valence-corrected chi connectivity index (χ2v) is 4.36. The summed E-state index contributed by atoms with van der Waals surface area (Å²) in [6, 6.07) is 15.0. The quantitative estimate of drug-likeness (QED) is 0.877. The normalized spacial score (nSPS) is 10.1. The molecule has 0 bridgehead atoms. The molecule has 0 aliphatic rings. The van der Waals surface area contributed by atoms with E-state index in [1.807, 2.05) is 36.4 Å². The van der Waals surface area contributed by atoms with Crippen molar-refractivity contribution in [1.82, 2.24) is 0 Å². The van der Waals surface area contributed by atoms with Crippen molar-refractivity contribution in [3.05, 3.63) is 48.5 Å². The maximum atomic E-state index is 9.19. The average molecular weight is 232 g/mol. The van der Waals surface area contributed by atoms with E-state index in [1.54, 1.807) is 31.0 Å². The highest BCUT2D eigenvalue weighted by molar-refractivity contribution is 7.99. The lowest BCUT2D eigenvalue weighted by molar-refractivity contribution is 0.405. The van der Waals surface area contributed by atoms with Gasteiger partial charge in [0.25, 0.3) is 0 Å². The highest BCUT2D eigenvalue weighted by Crippen LogP contribution is 2.34. The van der Waals surface area contributed by atoms with Crippen LogP contribution in [0.2, 0.25) is 0 Å². The molecule has 2 aromatic carbocycles. The predicted octanol–water partition coefficient (Wildman–Crippen LogP) is 3.55. The van der Waals surface area contributed by atoms with E-state index in [1.165, 1.54) is 0 Å². The molecule has 3 heteroatoms. The standard InChI is InChI=1S/C13H12O2S/c1-15-12-4-2-3-5-13(12)16-11-8-6-10(14)7-9-11/h2-9,14H,1H3. The van der Waals surface area contributed by atoms with Crippen LogP contribution in [-0.2, 0) is 0 Å². The van der Waals surface area contributed by atoms with Crippen LogP contribution in [0.1, 0.15) is 0 Å². The Balaban J connectivity index is 2.23. The summed E-state index contributed by atoms with van der Waals surface area (Å²) in [7, 11) is 1.66. The van der Waals surface area contributed by atoms with Gasteiger partial charge in [-0.2, -0.15) is 0 Å². The number of benzene rings is 2. The Kier molecular flexibility index (Phi) is 3.37. The number of hydrogen-bond donors (Lipinski definition) is 1. The monoisotopic (exact) mass is 232 g/mol. The molecule has 0 amide bonds. The first-order valence-electron chi connectivity index (χ1n) is 4.89. The van der Waals surface area contributed by atoms with Crippen molar-refractivity contribution in [3.8, 4) is 11.5 Å². The van der Waals surface area contributed by atoms with Gasteiger partial charge in [0.1, 0.15) is 11.5 Å². The molecule has 0 spiro atoms. The van der Waals surface area contributed by atoms with E-state index in [0.29, 0.717) is 0 Å². The van der Waals surface area contributed by atoms with Crippen LogP contribution < -0.4 is 4.74 Å². The molecule has 16 heavy (non-hydrogen) atoms. The average Bonchev–Trinajstić information content (AvgIpc) is 2.33. The number of phenolic OH excluding ortho intramolecular Hbond substituents is 1. The van der Waals surface area contributed by atoms with Gasteiger partial charge >= 0.3 is 0 Å². The number of rotatable bonds is 3. The molecule has 82 valence electrons. The topological polar surface area (TPSA) is 29.5 Å². The molecule has 0 unspecified atom stereocenters. The number of hydrogen-bond acceptors (Lipinski definition) is 3. The summed E-state index contributed by atoms with van der Waals surface area (Å²) in [5.41, 5.74) is 0. The molecule has 2 rings (SSSR count). The van der Waals surface area contributed by atoms with Crippen LogP contribution in [0.5, 0.6) is 11.5 Å². The van der Waals surface area contributed by atoms with Crippen LogP contribution in [0.3, 0.4) is 0 Å². The summed E-state index contributed by atoms with van der Waals surface area (Å²) < 4.78 is 5.27. The van der Waals surface area contributed by atoms with Gasteiger partial charge in [-0.3, -0.25) is 0 Å². The number of aromatic hydroxyl groups is 1. The summed E-state index contributed by atoms with van der Waals surface area (Å²) in [6.07, 6.45) is 0. The van der Waals surface area contributed by atoms with Gasteiger partial charge < -0.3 is 9.84 Å². The lowest BCUT2D eigenvalue weighted by Gasteiger charge is -2.07. The first kappa shape index (κ1) is 10.9. The summed E-state index contributed by atoms with van der Waals surface area (Å²) in [5.74, 6) is 1.14. The summed E-state index contributed by atoms with van der Waals surface area (Å²) in [4.78, 5) is 2.14. The minimum Gasteiger partial charge on any atom is -0.508 e. The molecule has 2 aromatic rings. The molecular formula is C13H12O2S. The Hall–Kier alpha value is -1.61. The molecule has 0 heterocycles. The van der Waals surface area contributed by atoms with E-state index in [-0.39, 0.29) is 5.75 Å². The van der Waals surface area contributed by atoms with E-state index in [4.69, 9.17) is 4.74 Å². The minimum atomic E-state index is 0.282. The van der Waals surface area contributed by atoms with Gasteiger partial charge in [-0.1, -0.05) is 23.9 Å². The molecule has 0 saturated heterocycles. The second kappa shape index (κ2) is 4.94. The van der Waals surface area contributed by atoms with E-state index < -0.39 is 0 Å². The third kappa shape index (κ3) is 2.49. The molecule has 0 radical (unpaired) electrons. The van der Waals surface area contributed by atoms with Crippen LogP contribution in [0, 0.1) is 0 Å². The smallest absolute Gasteiger partial charge is 0.132 e. The van der Waals surface area contributed by atoms with Crippen molar-refractivity contribution in [2.75, 3.05) is 7.11 Å². The lowest BCUT2D eigenvalue weighted by atomic mass is 10.3. The highest BCUT2D eigenvalue weighted by atomic mass is 32.2. The first-order valence-corrected chi connectivity index (χ1v) is 5.71. The largest absolute Gasteiger partial charge is 0.508 e. The number of ether oxygens (including phenoxy) is 1. The fraction of sp³-hybridized carbons (Fsp3) is 0.0769. The molecular weight excluding hydrogens is 220 g/mol. The Morgan fingerprint density at radius 3 is 2.38 bits per heavy atom. The van der Waals surface area contributed by atoms with E-state index in [0.717, 1.165) is 15.5 Å². The summed E-state index contributed by atoms with van der Waals surface area (Å²) in [6.45, 7) is 0. The summed E-state index contributed by atoms with van der Waals surface area (Å²) in [5, 5.41) is 9.19. The van der Waals surface area contributed by atoms with Gasteiger partial charge in [0.15, 0.2) is 0 Å². The fourth-order valence-electron chi connectivity index (χ4n) is 1.34. The number of phenols is 1. The Morgan fingerprint density at radius 1 is 1.00 bits per heavy atom. The van der Waals surface area contributed by atoms with Gasteiger partial charge in [0.05, 0.1) is 12.0 Å². The third-order valence-electron chi connectivity index (χ3n) is 2.13. The minimum absolute atomic E-state index is 0.282. The zero-order valence-corrected chi connectivity index (χ0v) is 9.70. The van der Waals surface area contributed by atoms with Crippen molar-refractivity contribution in [2.24, 2.45) is 0 Å².